The summed E-state index contributed by atoms with van der Waals surface area (Å²) in [4.78, 5) is 13.5. The van der Waals surface area contributed by atoms with Gasteiger partial charge < -0.3 is 10.2 Å². The van der Waals surface area contributed by atoms with Crippen LogP contribution in [0.15, 0.2) is 12.3 Å². The molecule has 2 N–H and O–H groups in total. The molecule has 0 aromatic carbocycles. The molecule has 0 saturated heterocycles. The van der Waals surface area contributed by atoms with Gasteiger partial charge in [0.2, 0.25) is 0 Å². The fourth-order valence-electron chi connectivity index (χ4n) is 1.06. The molecule has 4 nitrogen and oxygen atoms in total. The predicted octanol–water partition coefficient (Wildman–Crippen LogP) is 1.82. The maximum atomic E-state index is 12.5. The second-order valence-corrected chi connectivity index (χ2v) is 3.96. The first-order chi connectivity index (χ1) is 7.25. The third-order valence-electron chi connectivity index (χ3n) is 1.71. The maximum absolute atomic E-state index is 12.5. The summed E-state index contributed by atoms with van der Waals surface area (Å²) in [5.74, 6) is -1.75. The molecular weight excluding hydrogens is 342 g/mol. The van der Waals surface area contributed by atoms with Crippen LogP contribution in [0.25, 0.3) is 0 Å². The molecule has 0 amide bonds. The summed E-state index contributed by atoms with van der Waals surface area (Å²) in [5.41, 5.74) is -2.11. The van der Waals surface area contributed by atoms with Crippen LogP contribution in [-0.2, 0) is 11.0 Å². The third kappa shape index (κ3) is 2.61. The van der Waals surface area contributed by atoms with E-state index in [1.807, 2.05) is 0 Å². The number of halogens is 4. The molecule has 0 aliphatic carbocycles. The SMILES string of the molecule is O=C(O)C(O)c1c(I)ccnc1C(F)(F)F. The molecule has 0 aliphatic heterocycles. The molecule has 8 heteroatoms. The van der Waals surface area contributed by atoms with Crippen LogP contribution >= 0.6 is 22.6 Å². The average Bonchev–Trinajstić information content (AvgIpc) is 2.14. The summed E-state index contributed by atoms with van der Waals surface area (Å²) in [6.07, 6.45) is -6.13. The Bertz CT molecular complexity index is 421. The molecule has 1 atom stereocenters. The summed E-state index contributed by atoms with van der Waals surface area (Å²) >= 11 is 1.51. The number of hydrogen-bond acceptors (Lipinski definition) is 3. The summed E-state index contributed by atoms with van der Waals surface area (Å²) in [6, 6.07) is 1.19. The van der Waals surface area contributed by atoms with Crippen LogP contribution in [0.4, 0.5) is 13.2 Å². The van der Waals surface area contributed by atoms with Crippen molar-refractivity contribution in [3.63, 3.8) is 0 Å². The van der Waals surface area contributed by atoms with E-state index in [1.54, 1.807) is 0 Å². The minimum Gasteiger partial charge on any atom is -0.479 e. The second kappa shape index (κ2) is 4.53. The van der Waals surface area contributed by atoms with E-state index in [-0.39, 0.29) is 3.57 Å². The number of pyridine rings is 1. The summed E-state index contributed by atoms with van der Waals surface area (Å²) in [6.45, 7) is 0. The van der Waals surface area contributed by atoms with Crippen molar-refractivity contribution in [2.24, 2.45) is 0 Å². The highest BCUT2D eigenvalue weighted by molar-refractivity contribution is 14.1. The number of carboxylic acids is 1. The number of alkyl halides is 3. The number of nitrogens with zero attached hydrogens (tertiary/aromatic N) is 1. The lowest BCUT2D eigenvalue weighted by Gasteiger charge is -2.15. The van der Waals surface area contributed by atoms with Gasteiger partial charge in [-0.1, -0.05) is 0 Å². The number of aliphatic carboxylic acids is 1. The molecule has 1 aromatic rings. The Morgan fingerprint density at radius 2 is 2.06 bits per heavy atom. The zero-order chi connectivity index (χ0) is 12.5. The van der Waals surface area contributed by atoms with Gasteiger partial charge in [-0.05, 0) is 28.7 Å². The molecule has 0 fully saturated rings. The second-order valence-electron chi connectivity index (χ2n) is 2.79. The lowest BCUT2D eigenvalue weighted by atomic mass is 10.1. The molecule has 1 unspecified atom stereocenters. The van der Waals surface area contributed by atoms with Crippen LogP contribution < -0.4 is 0 Å². The van der Waals surface area contributed by atoms with Crippen molar-refractivity contribution in [3.8, 4) is 0 Å². The largest absolute Gasteiger partial charge is 0.479 e. The van der Waals surface area contributed by atoms with Crippen molar-refractivity contribution < 1.29 is 28.2 Å². The van der Waals surface area contributed by atoms with Crippen molar-refractivity contribution >= 4 is 28.6 Å². The molecule has 0 spiro atoms. The zero-order valence-electron chi connectivity index (χ0n) is 7.49. The van der Waals surface area contributed by atoms with Crippen molar-refractivity contribution in [1.29, 1.82) is 0 Å². The Morgan fingerprint density at radius 1 is 1.50 bits per heavy atom. The van der Waals surface area contributed by atoms with Crippen LogP contribution in [0.5, 0.6) is 0 Å². The maximum Gasteiger partial charge on any atom is 0.433 e. The van der Waals surface area contributed by atoms with Gasteiger partial charge >= 0.3 is 12.1 Å². The Hall–Kier alpha value is -0.900. The van der Waals surface area contributed by atoms with Gasteiger partial charge in [-0.3, -0.25) is 4.98 Å². The highest BCUT2D eigenvalue weighted by atomic mass is 127. The number of aromatic nitrogens is 1. The summed E-state index contributed by atoms with van der Waals surface area (Å²) < 4.78 is 37.4. The van der Waals surface area contributed by atoms with Gasteiger partial charge in [-0.25, -0.2) is 4.79 Å². The van der Waals surface area contributed by atoms with Crippen molar-refractivity contribution in [3.05, 3.63) is 27.1 Å². The van der Waals surface area contributed by atoms with Crippen LogP contribution in [0.3, 0.4) is 0 Å². The molecule has 0 radical (unpaired) electrons. The quantitative estimate of drug-likeness (QED) is 0.801. The highest BCUT2D eigenvalue weighted by Gasteiger charge is 2.39. The number of aliphatic hydroxyl groups excluding tert-OH is 1. The normalized spacial score (nSPS) is 13.6. The Labute approximate surface area is 101 Å². The Balaban J connectivity index is 3.41. The average molecular weight is 347 g/mol. The smallest absolute Gasteiger partial charge is 0.433 e. The first kappa shape index (κ1) is 13.2. The number of aliphatic hydroxyl groups is 1. The first-order valence-electron chi connectivity index (χ1n) is 3.87. The van der Waals surface area contributed by atoms with E-state index in [9.17, 15) is 23.1 Å². The van der Waals surface area contributed by atoms with Gasteiger partial charge in [0.05, 0.1) is 0 Å². The van der Waals surface area contributed by atoms with E-state index in [2.05, 4.69) is 4.98 Å². The lowest BCUT2D eigenvalue weighted by molar-refractivity contribution is -0.150. The molecule has 16 heavy (non-hydrogen) atoms. The molecule has 0 bridgehead atoms. The van der Waals surface area contributed by atoms with E-state index in [0.29, 0.717) is 0 Å². The highest BCUT2D eigenvalue weighted by Crippen LogP contribution is 2.35. The van der Waals surface area contributed by atoms with Gasteiger partial charge in [0, 0.05) is 15.3 Å². The molecule has 0 aliphatic rings. The third-order valence-corrected chi connectivity index (χ3v) is 2.65. The van der Waals surface area contributed by atoms with Crippen LogP contribution in [0, 0.1) is 3.57 Å². The fraction of sp³-hybridized carbons (Fsp3) is 0.250. The van der Waals surface area contributed by atoms with Crippen molar-refractivity contribution in [2.45, 2.75) is 12.3 Å². The van der Waals surface area contributed by atoms with Crippen LogP contribution in [0.2, 0.25) is 0 Å². The van der Waals surface area contributed by atoms with E-state index < -0.39 is 29.5 Å². The Kier molecular flexibility index (Phi) is 3.73. The standard InChI is InChI=1S/C8H5F3INO3/c9-8(10,11)6-4(5(14)7(15)16)3(12)1-2-13-6/h1-2,5,14H,(H,15,16). The zero-order valence-corrected chi connectivity index (χ0v) is 9.65. The number of carboxylic acid groups (broad SMARTS) is 1. The minimum atomic E-state index is -4.80. The molecular formula is C8H5F3INO3. The summed E-state index contributed by atoms with van der Waals surface area (Å²) in [5, 5.41) is 17.7. The van der Waals surface area contributed by atoms with Crippen LogP contribution in [-0.4, -0.2) is 21.2 Å². The Morgan fingerprint density at radius 3 is 2.50 bits per heavy atom. The van der Waals surface area contributed by atoms with E-state index in [0.717, 1.165) is 6.20 Å². The first-order valence-corrected chi connectivity index (χ1v) is 4.95. The minimum absolute atomic E-state index is 0.00479. The number of rotatable bonds is 2. The van der Waals surface area contributed by atoms with Crippen molar-refractivity contribution in [2.75, 3.05) is 0 Å². The van der Waals surface area contributed by atoms with E-state index in [4.69, 9.17) is 5.11 Å². The van der Waals surface area contributed by atoms with E-state index in [1.165, 1.54) is 28.7 Å². The van der Waals surface area contributed by atoms with Gasteiger partial charge in [0.1, 0.15) is 0 Å². The van der Waals surface area contributed by atoms with Gasteiger partial charge in [-0.2, -0.15) is 13.2 Å². The van der Waals surface area contributed by atoms with Gasteiger partial charge in [0.15, 0.2) is 11.8 Å². The molecule has 1 aromatic heterocycles. The lowest BCUT2D eigenvalue weighted by Crippen LogP contribution is -2.20. The molecule has 88 valence electrons. The fourth-order valence-corrected chi connectivity index (χ4v) is 1.77. The molecule has 1 rings (SSSR count). The van der Waals surface area contributed by atoms with Gasteiger partial charge in [0.25, 0.3) is 0 Å². The van der Waals surface area contributed by atoms with Crippen LogP contribution in [0.1, 0.15) is 17.4 Å². The summed E-state index contributed by atoms with van der Waals surface area (Å²) in [7, 11) is 0. The monoisotopic (exact) mass is 347 g/mol. The topological polar surface area (TPSA) is 70.4 Å². The number of hydrogen-bond donors (Lipinski definition) is 2. The van der Waals surface area contributed by atoms with E-state index >= 15 is 0 Å². The molecule has 1 heterocycles. The molecule has 0 saturated carbocycles. The van der Waals surface area contributed by atoms with Gasteiger partial charge in [-0.15, -0.1) is 0 Å². The van der Waals surface area contributed by atoms with Crippen molar-refractivity contribution in [1.82, 2.24) is 4.98 Å². The predicted molar refractivity (Wildman–Crippen MR) is 54.6 cm³/mol. The number of carbonyl (C=O) groups is 1.